The number of aromatic nitrogens is 3. The zero-order chi connectivity index (χ0) is 15.5. The number of carboxylic acid groups (broad SMARTS) is 1. The van der Waals surface area contributed by atoms with Crippen LogP contribution in [-0.2, 0) is 18.5 Å². The summed E-state index contributed by atoms with van der Waals surface area (Å²) in [5.74, 6) is -1.01. The van der Waals surface area contributed by atoms with Crippen LogP contribution in [-0.4, -0.2) is 26.3 Å². The number of hydrogen-bond acceptors (Lipinski definition) is 4. The lowest BCUT2D eigenvalue weighted by atomic mass is 9.89. The minimum Gasteiger partial charge on any atom is -0.477 e. The van der Waals surface area contributed by atoms with Crippen molar-refractivity contribution < 1.29 is 9.90 Å². The van der Waals surface area contributed by atoms with Crippen LogP contribution in [0.5, 0.6) is 0 Å². The second-order valence-corrected chi connectivity index (χ2v) is 5.98. The van der Waals surface area contributed by atoms with Crippen molar-refractivity contribution >= 4 is 5.97 Å². The van der Waals surface area contributed by atoms with Gasteiger partial charge in [0.2, 0.25) is 0 Å². The molecule has 0 bridgehead atoms. The summed E-state index contributed by atoms with van der Waals surface area (Å²) >= 11 is 0. The quantitative estimate of drug-likeness (QED) is 0.783. The van der Waals surface area contributed by atoms with Gasteiger partial charge >= 0.3 is 5.97 Å². The number of rotatable bonds is 5. The van der Waals surface area contributed by atoms with Crippen LogP contribution >= 0.6 is 0 Å². The molecule has 0 saturated heterocycles. The molecule has 0 spiro atoms. The number of H-pyrrole nitrogens is 1. The van der Waals surface area contributed by atoms with E-state index in [2.05, 4.69) is 41.3 Å². The fourth-order valence-corrected chi connectivity index (χ4v) is 2.09. The van der Waals surface area contributed by atoms with Crippen molar-refractivity contribution in [1.82, 2.24) is 20.5 Å². The molecular formula is C15H20N4O2. The van der Waals surface area contributed by atoms with E-state index in [1.54, 1.807) is 12.3 Å². The summed E-state index contributed by atoms with van der Waals surface area (Å²) in [5.41, 5.74) is 3.29. The molecule has 0 aliphatic carbocycles. The standard InChI is InChI=1S/C15H20N4O2/c1-15(2,3)13-11(9-18-19-13)8-16-6-10-4-5-12(14(20)21)17-7-10/h4-5,7,9,16H,6,8H2,1-3H3,(H,18,19)(H,20,21). The third-order valence-electron chi connectivity index (χ3n) is 3.16. The Hall–Kier alpha value is -2.21. The summed E-state index contributed by atoms with van der Waals surface area (Å²) in [6.07, 6.45) is 3.41. The van der Waals surface area contributed by atoms with E-state index in [9.17, 15) is 4.79 Å². The number of pyridine rings is 1. The Balaban J connectivity index is 1.93. The molecule has 0 aromatic carbocycles. The summed E-state index contributed by atoms with van der Waals surface area (Å²) in [5, 5.41) is 19.3. The average Bonchev–Trinajstić information content (AvgIpc) is 2.88. The molecule has 2 rings (SSSR count). The lowest BCUT2D eigenvalue weighted by molar-refractivity contribution is 0.0690. The van der Waals surface area contributed by atoms with Crippen LogP contribution < -0.4 is 5.32 Å². The Labute approximate surface area is 123 Å². The molecule has 6 nitrogen and oxygen atoms in total. The van der Waals surface area contributed by atoms with Crippen LogP contribution in [0.25, 0.3) is 0 Å². The number of aromatic amines is 1. The van der Waals surface area contributed by atoms with Gasteiger partial charge in [-0.25, -0.2) is 9.78 Å². The van der Waals surface area contributed by atoms with Gasteiger partial charge in [-0.3, -0.25) is 5.10 Å². The minimum atomic E-state index is -1.01. The van der Waals surface area contributed by atoms with Crippen molar-refractivity contribution in [2.75, 3.05) is 0 Å². The minimum absolute atomic E-state index is 0.0260. The molecule has 0 fully saturated rings. The van der Waals surface area contributed by atoms with Crippen LogP contribution in [0.1, 0.15) is 48.1 Å². The normalized spacial score (nSPS) is 11.6. The smallest absolute Gasteiger partial charge is 0.354 e. The maximum atomic E-state index is 10.7. The molecular weight excluding hydrogens is 268 g/mol. The number of nitrogens with one attached hydrogen (secondary N) is 2. The van der Waals surface area contributed by atoms with Crippen LogP contribution in [0.3, 0.4) is 0 Å². The molecule has 3 N–H and O–H groups in total. The van der Waals surface area contributed by atoms with Crippen LogP contribution in [0.15, 0.2) is 24.5 Å². The molecule has 2 heterocycles. The van der Waals surface area contributed by atoms with E-state index in [-0.39, 0.29) is 11.1 Å². The Morgan fingerprint density at radius 3 is 2.62 bits per heavy atom. The number of aromatic carboxylic acids is 1. The van der Waals surface area contributed by atoms with Crippen molar-refractivity contribution in [3.05, 3.63) is 47.0 Å². The molecule has 6 heteroatoms. The predicted molar refractivity (Wildman–Crippen MR) is 79.0 cm³/mol. The zero-order valence-electron chi connectivity index (χ0n) is 12.5. The summed E-state index contributed by atoms with van der Waals surface area (Å²) in [6.45, 7) is 7.74. The summed E-state index contributed by atoms with van der Waals surface area (Å²) < 4.78 is 0. The van der Waals surface area contributed by atoms with Crippen molar-refractivity contribution in [1.29, 1.82) is 0 Å². The molecule has 2 aromatic heterocycles. The number of carbonyl (C=O) groups is 1. The van der Waals surface area contributed by atoms with Gasteiger partial charge in [0.1, 0.15) is 5.69 Å². The maximum absolute atomic E-state index is 10.7. The third-order valence-corrected chi connectivity index (χ3v) is 3.16. The largest absolute Gasteiger partial charge is 0.477 e. The molecule has 112 valence electrons. The first-order chi connectivity index (χ1) is 9.88. The van der Waals surface area contributed by atoms with E-state index in [4.69, 9.17) is 5.11 Å². The van der Waals surface area contributed by atoms with E-state index < -0.39 is 5.97 Å². The predicted octanol–water partition coefficient (Wildman–Crippen LogP) is 2.09. The van der Waals surface area contributed by atoms with Gasteiger partial charge in [0.15, 0.2) is 0 Å². The van der Waals surface area contributed by atoms with Crippen molar-refractivity contribution in [2.45, 2.75) is 39.3 Å². The first kappa shape index (κ1) is 15.2. The number of hydrogen-bond donors (Lipinski definition) is 3. The van der Waals surface area contributed by atoms with Gasteiger partial charge in [0, 0.05) is 36.0 Å². The molecule has 2 aromatic rings. The molecule has 0 radical (unpaired) electrons. The third kappa shape index (κ3) is 3.88. The van der Waals surface area contributed by atoms with Gasteiger partial charge in [0.05, 0.1) is 6.20 Å². The lowest BCUT2D eigenvalue weighted by Crippen LogP contribution is -2.19. The first-order valence-electron chi connectivity index (χ1n) is 6.79. The molecule has 0 atom stereocenters. The number of carboxylic acids is 1. The molecule has 0 aliphatic rings. The van der Waals surface area contributed by atoms with Crippen molar-refractivity contribution in [3.8, 4) is 0 Å². The highest BCUT2D eigenvalue weighted by Gasteiger charge is 2.19. The Morgan fingerprint density at radius 1 is 1.29 bits per heavy atom. The van der Waals surface area contributed by atoms with Gasteiger partial charge in [-0.1, -0.05) is 26.8 Å². The Morgan fingerprint density at radius 2 is 2.05 bits per heavy atom. The van der Waals surface area contributed by atoms with Crippen LogP contribution in [0.4, 0.5) is 0 Å². The molecule has 21 heavy (non-hydrogen) atoms. The van der Waals surface area contributed by atoms with Gasteiger partial charge in [0.25, 0.3) is 0 Å². The SMILES string of the molecule is CC(C)(C)c1[nH]ncc1CNCc1ccc(C(=O)O)nc1. The van der Waals surface area contributed by atoms with Crippen LogP contribution in [0, 0.1) is 0 Å². The summed E-state index contributed by atoms with van der Waals surface area (Å²) in [6, 6.07) is 3.28. The van der Waals surface area contributed by atoms with Gasteiger partial charge in [-0.2, -0.15) is 5.10 Å². The second-order valence-electron chi connectivity index (χ2n) is 5.98. The van der Waals surface area contributed by atoms with Gasteiger partial charge in [-0.15, -0.1) is 0 Å². The summed E-state index contributed by atoms with van der Waals surface area (Å²) in [4.78, 5) is 14.6. The van der Waals surface area contributed by atoms with E-state index in [0.717, 1.165) is 16.8 Å². The molecule has 0 unspecified atom stereocenters. The van der Waals surface area contributed by atoms with E-state index in [1.165, 1.54) is 6.07 Å². The highest BCUT2D eigenvalue weighted by atomic mass is 16.4. The average molecular weight is 288 g/mol. The highest BCUT2D eigenvalue weighted by Crippen LogP contribution is 2.23. The van der Waals surface area contributed by atoms with Crippen LogP contribution in [0.2, 0.25) is 0 Å². The molecule has 0 amide bonds. The topological polar surface area (TPSA) is 90.9 Å². The molecule has 0 aliphatic heterocycles. The Bertz CT molecular complexity index is 611. The zero-order valence-corrected chi connectivity index (χ0v) is 12.5. The molecule has 0 saturated carbocycles. The van der Waals surface area contributed by atoms with Gasteiger partial charge in [-0.05, 0) is 11.6 Å². The fourth-order valence-electron chi connectivity index (χ4n) is 2.09. The fraction of sp³-hybridized carbons (Fsp3) is 0.400. The maximum Gasteiger partial charge on any atom is 0.354 e. The van der Waals surface area contributed by atoms with Crippen molar-refractivity contribution in [2.24, 2.45) is 0 Å². The van der Waals surface area contributed by atoms with E-state index in [0.29, 0.717) is 13.1 Å². The van der Waals surface area contributed by atoms with Gasteiger partial charge < -0.3 is 10.4 Å². The lowest BCUT2D eigenvalue weighted by Gasteiger charge is -2.18. The first-order valence-corrected chi connectivity index (χ1v) is 6.79. The summed E-state index contributed by atoms with van der Waals surface area (Å²) in [7, 11) is 0. The van der Waals surface area contributed by atoms with E-state index in [1.807, 2.05) is 6.20 Å². The van der Waals surface area contributed by atoms with Crippen molar-refractivity contribution in [3.63, 3.8) is 0 Å². The monoisotopic (exact) mass is 288 g/mol. The second kappa shape index (κ2) is 6.05. The van der Waals surface area contributed by atoms with E-state index >= 15 is 0 Å². The number of nitrogens with zero attached hydrogens (tertiary/aromatic N) is 2. The Kier molecular flexibility index (Phi) is 4.37. The highest BCUT2D eigenvalue weighted by molar-refractivity contribution is 5.85.